The van der Waals surface area contributed by atoms with E-state index in [2.05, 4.69) is 10.3 Å². The molecule has 0 aliphatic heterocycles. The van der Waals surface area contributed by atoms with Crippen LogP contribution in [-0.2, 0) is 9.59 Å². The largest absolute Gasteiger partial charge is 0.492 e. The second-order valence-corrected chi connectivity index (χ2v) is 4.75. The first-order chi connectivity index (χ1) is 11.1. The molecule has 0 aliphatic rings. The van der Waals surface area contributed by atoms with Crippen molar-refractivity contribution >= 4 is 18.2 Å². The van der Waals surface area contributed by atoms with Gasteiger partial charge in [0.05, 0.1) is 12.8 Å². The van der Waals surface area contributed by atoms with Crippen molar-refractivity contribution in [2.45, 2.75) is 32.2 Å². The van der Waals surface area contributed by atoms with Crippen LogP contribution in [0.15, 0.2) is 18.3 Å². The summed E-state index contributed by atoms with van der Waals surface area (Å²) in [4.78, 5) is 38.1. The van der Waals surface area contributed by atoms with E-state index in [0.29, 0.717) is 31.6 Å². The van der Waals surface area contributed by atoms with Crippen LogP contribution >= 0.6 is 0 Å². The molecule has 3 amide bonds. The minimum Gasteiger partial charge on any atom is -0.492 e. The third-order valence-corrected chi connectivity index (χ3v) is 2.94. The van der Waals surface area contributed by atoms with E-state index < -0.39 is 17.9 Å². The van der Waals surface area contributed by atoms with Gasteiger partial charge < -0.3 is 15.2 Å². The Bertz CT molecular complexity index is 518. The van der Waals surface area contributed by atoms with Gasteiger partial charge in [-0.25, -0.2) is 4.98 Å². The third-order valence-electron chi connectivity index (χ3n) is 2.94. The lowest BCUT2D eigenvalue weighted by atomic mass is 10.1. The van der Waals surface area contributed by atoms with Crippen molar-refractivity contribution in [3.63, 3.8) is 0 Å². The van der Waals surface area contributed by atoms with E-state index in [1.165, 1.54) is 12.3 Å². The van der Waals surface area contributed by atoms with E-state index in [9.17, 15) is 14.4 Å². The summed E-state index contributed by atoms with van der Waals surface area (Å²) in [6, 6.07) is 2.27. The maximum atomic E-state index is 12.1. The monoisotopic (exact) mass is 323 g/mol. The molecule has 126 valence electrons. The zero-order chi connectivity index (χ0) is 17.1. The van der Waals surface area contributed by atoms with E-state index in [4.69, 9.17) is 9.84 Å². The Morgan fingerprint density at radius 1 is 1.43 bits per heavy atom. The van der Waals surface area contributed by atoms with Gasteiger partial charge in [-0.3, -0.25) is 19.7 Å². The topological polar surface area (TPSA) is 118 Å². The fourth-order valence-corrected chi connectivity index (χ4v) is 1.80. The Morgan fingerprint density at radius 2 is 2.22 bits per heavy atom. The molecule has 0 fully saturated rings. The summed E-state index contributed by atoms with van der Waals surface area (Å²) < 4.78 is 5.31. The van der Waals surface area contributed by atoms with Crippen molar-refractivity contribution in [1.82, 2.24) is 15.6 Å². The number of carbonyl (C=O) groups excluding carboxylic acids is 3. The second kappa shape index (κ2) is 10.3. The molecule has 0 bridgehead atoms. The zero-order valence-corrected chi connectivity index (χ0v) is 12.9. The SMILES string of the molecule is CCCC(NC(=O)c1ccc(OCCCO)cn1)C(=O)NC=O. The van der Waals surface area contributed by atoms with Crippen LogP contribution in [0.5, 0.6) is 5.75 Å². The summed E-state index contributed by atoms with van der Waals surface area (Å²) in [5.74, 6) is -0.579. The highest BCUT2D eigenvalue weighted by molar-refractivity contribution is 5.98. The molecule has 0 aliphatic carbocycles. The Balaban J connectivity index is 2.64. The van der Waals surface area contributed by atoms with Crippen LogP contribution in [0.3, 0.4) is 0 Å². The number of carbonyl (C=O) groups is 3. The van der Waals surface area contributed by atoms with Gasteiger partial charge in [-0.15, -0.1) is 0 Å². The molecule has 8 nitrogen and oxygen atoms in total. The molecule has 1 unspecified atom stereocenters. The van der Waals surface area contributed by atoms with Gasteiger partial charge >= 0.3 is 0 Å². The van der Waals surface area contributed by atoms with Crippen LogP contribution in [0.1, 0.15) is 36.7 Å². The molecule has 0 aromatic carbocycles. The van der Waals surface area contributed by atoms with Crippen LogP contribution in [0, 0.1) is 0 Å². The lowest BCUT2D eigenvalue weighted by Gasteiger charge is -2.15. The first-order valence-corrected chi connectivity index (χ1v) is 7.37. The van der Waals surface area contributed by atoms with E-state index in [-0.39, 0.29) is 18.7 Å². The summed E-state index contributed by atoms with van der Waals surface area (Å²) in [6.45, 7) is 2.26. The third kappa shape index (κ3) is 6.43. The maximum Gasteiger partial charge on any atom is 0.270 e. The molecule has 0 saturated heterocycles. The molecule has 1 aromatic rings. The van der Waals surface area contributed by atoms with Gasteiger partial charge in [-0.1, -0.05) is 13.3 Å². The summed E-state index contributed by atoms with van der Waals surface area (Å²) in [5, 5.41) is 13.2. The molecule has 0 radical (unpaired) electrons. The molecule has 1 aromatic heterocycles. The van der Waals surface area contributed by atoms with Crippen molar-refractivity contribution < 1.29 is 24.2 Å². The Morgan fingerprint density at radius 3 is 2.78 bits per heavy atom. The molecule has 0 spiro atoms. The molecule has 23 heavy (non-hydrogen) atoms. The number of amides is 3. The number of nitrogens with zero attached hydrogens (tertiary/aromatic N) is 1. The van der Waals surface area contributed by atoms with Gasteiger partial charge in [0.15, 0.2) is 0 Å². The summed E-state index contributed by atoms with van der Waals surface area (Å²) in [6.07, 6.45) is 3.27. The number of aliphatic hydroxyl groups excluding tert-OH is 1. The molecular formula is C15H21N3O5. The molecular weight excluding hydrogens is 302 g/mol. The van der Waals surface area contributed by atoms with Gasteiger partial charge in [0.25, 0.3) is 5.91 Å². The molecule has 1 rings (SSSR count). The Hall–Kier alpha value is -2.48. The summed E-state index contributed by atoms with van der Waals surface area (Å²) >= 11 is 0. The van der Waals surface area contributed by atoms with Gasteiger partial charge in [0.2, 0.25) is 12.3 Å². The molecule has 0 saturated carbocycles. The first kappa shape index (κ1) is 18.6. The van der Waals surface area contributed by atoms with E-state index in [0.717, 1.165) is 0 Å². The fourth-order valence-electron chi connectivity index (χ4n) is 1.80. The second-order valence-electron chi connectivity index (χ2n) is 4.75. The number of aliphatic hydroxyl groups is 1. The van der Waals surface area contributed by atoms with Gasteiger partial charge in [0.1, 0.15) is 17.5 Å². The molecule has 3 N–H and O–H groups in total. The van der Waals surface area contributed by atoms with Crippen molar-refractivity contribution in [2.75, 3.05) is 13.2 Å². The number of rotatable bonds is 10. The number of pyridine rings is 1. The average molecular weight is 323 g/mol. The predicted octanol–water partition coefficient (Wildman–Crippen LogP) is 0.0139. The summed E-state index contributed by atoms with van der Waals surface area (Å²) in [5.41, 5.74) is 0.138. The highest BCUT2D eigenvalue weighted by Crippen LogP contribution is 2.10. The van der Waals surface area contributed by atoms with Crippen LogP contribution in [0.4, 0.5) is 0 Å². The standard InChI is InChI=1S/C15H21N3O5/c1-2-4-13(14(21)17-10-20)18-15(22)12-6-5-11(9-16-12)23-8-3-7-19/h5-6,9-10,13,19H,2-4,7-8H2,1H3,(H,18,22)(H,17,20,21). The van der Waals surface area contributed by atoms with Crippen LogP contribution in [-0.4, -0.2) is 47.6 Å². The lowest BCUT2D eigenvalue weighted by molar-refractivity contribution is -0.126. The van der Waals surface area contributed by atoms with Crippen molar-refractivity contribution in [3.05, 3.63) is 24.0 Å². The van der Waals surface area contributed by atoms with Crippen LogP contribution < -0.4 is 15.4 Å². The number of ether oxygens (including phenoxy) is 1. The number of hydrogen-bond donors (Lipinski definition) is 3. The van der Waals surface area contributed by atoms with Gasteiger partial charge in [0, 0.05) is 13.0 Å². The number of hydrogen-bond acceptors (Lipinski definition) is 6. The van der Waals surface area contributed by atoms with Crippen LogP contribution in [0.25, 0.3) is 0 Å². The normalized spacial score (nSPS) is 11.4. The highest BCUT2D eigenvalue weighted by Gasteiger charge is 2.20. The van der Waals surface area contributed by atoms with Crippen LogP contribution in [0.2, 0.25) is 0 Å². The highest BCUT2D eigenvalue weighted by atomic mass is 16.5. The number of nitrogens with one attached hydrogen (secondary N) is 2. The molecule has 1 heterocycles. The molecule has 1 atom stereocenters. The van der Waals surface area contributed by atoms with Crippen molar-refractivity contribution in [3.8, 4) is 5.75 Å². The fraction of sp³-hybridized carbons (Fsp3) is 0.467. The van der Waals surface area contributed by atoms with Gasteiger partial charge in [-0.2, -0.15) is 0 Å². The zero-order valence-electron chi connectivity index (χ0n) is 12.9. The smallest absolute Gasteiger partial charge is 0.270 e. The predicted molar refractivity (Wildman–Crippen MR) is 81.8 cm³/mol. The average Bonchev–Trinajstić information content (AvgIpc) is 2.55. The number of aromatic nitrogens is 1. The quantitative estimate of drug-likeness (QED) is 0.412. The Labute approximate surface area is 134 Å². The van der Waals surface area contributed by atoms with E-state index >= 15 is 0 Å². The van der Waals surface area contributed by atoms with Crippen molar-refractivity contribution in [2.24, 2.45) is 0 Å². The minimum absolute atomic E-state index is 0.0373. The minimum atomic E-state index is -0.792. The summed E-state index contributed by atoms with van der Waals surface area (Å²) in [7, 11) is 0. The maximum absolute atomic E-state index is 12.1. The lowest BCUT2D eigenvalue weighted by Crippen LogP contribution is -2.46. The Kier molecular flexibility index (Phi) is 8.30. The molecule has 8 heteroatoms. The van der Waals surface area contributed by atoms with E-state index in [1.807, 2.05) is 12.2 Å². The number of imide groups is 1. The van der Waals surface area contributed by atoms with E-state index in [1.54, 1.807) is 6.07 Å². The van der Waals surface area contributed by atoms with Crippen molar-refractivity contribution in [1.29, 1.82) is 0 Å². The first-order valence-electron chi connectivity index (χ1n) is 7.37. The van der Waals surface area contributed by atoms with Gasteiger partial charge in [-0.05, 0) is 18.6 Å².